The van der Waals surface area contributed by atoms with Crippen LogP contribution < -0.4 is 0 Å². The number of hydrogen-bond acceptors (Lipinski definition) is 3. The van der Waals surface area contributed by atoms with E-state index < -0.39 is 8.60 Å². The van der Waals surface area contributed by atoms with Crippen molar-refractivity contribution in [3.63, 3.8) is 0 Å². The summed E-state index contributed by atoms with van der Waals surface area (Å²) >= 11 is 5.53. The van der Waals surface area contributed by atoms with Gasteiger partial charge >= 0.3 is 8.60 Å². The summed E-state index contributed by atoms with van der Waals surface area (Å²) in [6.07, 6.45) is 6.66. The Hall–Kier alpha value is 0.600. The number of hydrogen-bond donors (Lipinski definition) is 2. The van der Waals surface area contributed by atoms with Crippen molar-refractivity contribution in [1.82, 2.24) is 0 Å². The summed E-state index contributed by atoms with van der Waals surface area (Å²) in [6, 6.07) is 0. The first-order valence-electron chi connectivity index (χ1n) is 4.64. The summed E-state index contributed by atoms with van der Waals surface area (Å²) in [6.45, 7) is 0.453. The van der Waals surface area contributed by atoms with E-state index in [-0.39, 0.29) is 0 Å². The van der Waals surface area contributed by atoms with E-state index in [0.29, 0.717) is 6.61 Å². The van der Waals surface area contributed by atoms with Crippen molar-refractivity contribution in [2.45, 2.75) is 38.5 Å². The number of alkyl halides is 1. The highest BCUT2D eigenvalue weighted by Crippen LogP contribution is 2.24. The van der Waals surface area contributed by atoms with E-state index in [2.05, 4.69) is 4.52 Å². The monoisotopic (exact) mass is 228 g/mol. The zero-order chi connectivity index (χ0) is 9.94. The minimum atomic E-state index is -2.15. The van der Waals surface area contributed by atoms with Crippen LogP contribution in [0.2, 0.25) is 0 Å². The fourth-order valence-electron chi connectivity index (χ4n) is 1.05. The molecule has 0 heterocycles. The van der Waals surface area contributed by atoms with Gasteiger partial charge in [0.15, 0.2) is 0 Å². The van der Waals surface area contributed by atoms with Crippen molar-refractivity contribution in [2.75, 3.05) is 12.5 Å². The summed E-state index contributed by atoms with van der Waals surface area (Å²) in [7, 11) is -2.15. The molecule has 5 heteroatoms. The van der Waals surface area contributed by atoms with Gasteiger partial charge in [0.25, 0.3) is 0 Å². The highest BCUT2D eigenvalue weighted by atomic mass is 35.5. The molecule has 0 aliphatic rings. The van der Waals surface area contributed by atoms with E-state index in [4.69, 9.17) is 21.4 Å². The molecule has 0 bridgehead atoms. The Morgan fingerprint density at radius 2 is 1.46 bits per heavy atom. The SMILES string of the molecule is OP(O)OCCCCCCCCCl. The first-order valence-corrected chi connectivity index (χ1v) is 6.34. The van der Waals surface area contributed by atoms with Gasteiger partial charge in [0.2, 0.25) is 0 Å². The van der Waals surface area contributed by atoms with Crippen LogP contribution in [0.1, 0.15) is 38.5 Å². The predicted molar refractivity (Wildman–Crippen MR) is 55.7 cm³/mol. The van der Waals surface area contributed by atoms with Crippen LogP contribution in [-0.4, -0.2) is 22.3 Å². The van der Waals surface area contributed by atoms with Crippen LogP contribution in [0.5, 0.6) is 0 Å². The summed E-state index contributed by atoms with van der Waals surface area (Å²) in [5, 5.41) is 0. The molecule has 0 unspecified atom stereocenters. The van der Waals surface area contributed by atoms with E-state index in [1.54, 1.807) is 0 Å². The quantitative estimate of drug-likeness (QED) is 0.362. The molecule has 13 heavy (non-hydrogen) atoms. The summed E-state index contributed by atoms with van der Waals surface area (Å²) in [5.41, 5.74) is 0. The topological polar surface area (TPSA) is 49.7 Å². The number of unbranched alkanes of at least 4 members (excludes halogenated alkanes) is 5. The van der Waals surface area contributed by atoms with Gasteiger partial charge in [-0.2, -0.15) is 0 Å². The Bertz CT molecular complexity index is 103. The normalized spacial score (nSPS) is 11.1. The highest BCUT2D eigenvalue weighted by Gasteiger charge is 1.97. The van der Waals surface area contributed by atoms with Crippen molar-refractivity contribution in [1.29, 1.82) is 0 Å². The Kier molecular flexibility index (Phi) is 11.2. The van der Waals surface area contributed by atoms with E-state index in [9.17, 15) is 0 Å². The van der Waals surface area contributed by atoms with Gasteiger partial charge in [-0.1, -0.05) is 25.7 Å². The molecule has 0 fully saturated rings. The maximum Gasteiger partial charge on any atom is 0.327 e. The molecule has 2 N–H and O–H groups in total. The average molecular weight is 229 g/mol. The molecule has 0 aromatic carbocycles. The van der Waals surface area contributed by atoms with Crippen LogP contribution >= 0.6 is 20.2 Å². The van der Waals surface area contributed by atoms with E-state index >= 15 is 0 Å². The van der Waals surface area contributed by atoms with Crippen molar-refractivity contribution in [3.05, 3.63) is 0 Å². The Morgan fingerprint density at radius 3 is 2.00 bits per heavy atom. The molecule has 3 nitrogen and oxygen atoms in total. The fourth-order valence-corrected chi connectivity index (χ4v) is 1.53. The average Bonchev–Trinajstić information content (AvgIpc) is 2.09. The minimum Gasteiger partial charge on any atom is -0.328 e. The number of halogens is 1. The summed E-state index contributed by atoms with van der Waals surface area (Å²) < 4.78 is 4.62. The second-order valence-corrected chi connectivity index (χ2v) is 4.04. The highest BCUT2D eigenvalue weighted by molar-refractivity contribution is 7.39. The third-order valence-electron chi connectivity index (χ3n) is 1.73. The molecule has 0 aliphatic carbocycles. The largest absolute Gasteiger partial charge is 0.328 e. The molecule has 0 saturated carbocycles. The molecule has 0 amide bonds. The van der Waals surface area contributed by atoms with Gasteiger partial charge < -0.3 is 14.3 Å². The summed E-state index contributed by atoms with van der Waals surface area (Å²) in [4.78, 5) is 16.8. The lowest BCUT2D eigenvalue weighted by molar-refractivity contribution is 0.248. The molecule has 0 saturated heterocycles. The van der Waals surface area contributed by atoms with Crippen LogP contribution in [-0.2, 0) is 4.52 Å². The lowest BCUT2D eigenvalue weighted by Crippen LogP contribution is -1.89. The molecule has 0 rings (SSSR count). The third-order valence-corrected chi connectivity index (χ3v) is 2.42. The molecule has 80 valence electrons. The van der Waals surface area contributed by atoms with E-state index in [0.717, 1.165) is 25.1 Å². The van der Waals surface area contributed by atoms with Gasteiger partial charge in [-0.3, -0.25) is 0 Å². The zero-order valence-electron chi connectivity index (χ0n) is 7.78. The van der Waals surface area contributed by atoms with Gasteiger partial charge in [0, 0.05) is 5.88 Å². The van der Waals surface area contributed by atoms with Crippen molar-refractivity contribution in [2.24, 2.45) is 0 Å². The van der Waals surface area contributed by atoms with Gasteiger partial charge in [-0.25, -0.2) is 0 Å². The van der Waals surface area contributed by atoms with Crippen LogP contribution in [0.3, 0.4) is 0 Å². The second-order valence-electron chi connectivity index (χ2n) is 2.90. The Labute approximate surface area is 86.1 Å². The van der Waals surface area contributed by atoms with Gasteiger partial charge in [0.05, 0.1) is 6.61 Å². The lowest BCUT2D eigenvalue weighted by Gasteiger charge is -2.03. The molecule has 0 atom stereocenters. The Balaban J connectivity index is 2.84. The number of rotatable bonds is 9. The second kappa shape index (κ2) is 10.7. The molecule has 0 radical (unpaired) electrons. The first kappa shape index (κ1) is 13.6. The smallest absolute Gasteiger partial charge is 0.327 e. The molecular formula is C8H18ClO3P. The standard InChI is InChI=1S/C8H18ClO3P/c9-7-5-3-1-2-4-6-8-12-13(10)11/h10-11H,1-8H2. The molecular weight excluding hydrogens is 211 g/mol. The zero-order valence-corrected chi connectivity index (χ0v) is 9.44. The first-order chi connectivity index (χ1) is 6.27. The summed E-state index contributed by atoms with van der Waals surface area (Å²) in [5.74, 6) is 0.752. The van der Waals surface area contributed by atoms with Crippen molar-refractivity contribution < 1.29 is 14.3 Å². The van der Waals surface area contributed by atoms with Gasteiger partial charge in [0.1, 0.15) is 0 Å². The van der Waals surface area contributed by atoms with Crippen molar-refractivity contribution >= 4 is 20.2 Å². The van der Waals surface area contributed by atoms with Crippen LogP contribution in [0.15, 0.2) is 0 Å². The maximum absolute atomic E-state index is 8.41. The predicted octanol–water partition coefficient (Wildman–Crippen LogP) is 2.79. The van der Waals surface area contributed by atoms with E-state index in [1.807, 2.05) is 0 Å². The lowest BCUT2D eigenvalue weighted by atomic mass is 10.1. The maximum atomic E-state index is 8.41. The van der Waals surface area contributed by atoms with Crippen LogP contribution in [0, 0.1) is 0 Å². The molecule has 0 aromatic heterocycles. The minimum absolute atomic E-state index is 0.453. The van der Waals surface area contributed by atoms with Crippen LogP contribution in [0.4, 0.5) is 0 Å². The fraction of sp³-hybridized carbons (Fsp3) is 1.00. The Morgan fingerprint density at radius 1 is 0.923 bits per heavy atom. The van der Waals surface area contributed by atoms with Gasteiger partial charge in [-0.15, -0.1) is 11.6 Å². The van der Waals surface area contributed by atoms with Gasteiger partial charge in [-0.05, 0) is 12.8 Å². The molecule has 0 spiro atoms. The van der Waals surface area contributed by atoms with E-state index in [1.165, 1.54) is 19.3 Å². The van der Waals surface area contributed by atoms with Crippen LogP contribution in [0.25, 0.3) is 0 Å². The van der Waals surface area contributed by atoms with Crippen molar-refractivity contribution in [3.8, 4) is 0 Å². The molecule has 0 aliphatic heterocycles. The third kappa shape index (κ3) is 12.6. The molecule has 0 aromatic rings.